The van der Waals surface area contributed by atoms with Gasteiger partial charge in [-0.25, -0.2) is 0 Å². The zero-order chi connectivity index (χ0) is 31.3. The van der Waals surface area contributed by atoms with Crippen LogP contribution in [0.15, 0.2) is 47.1 Å². The van der Waals surface area contributed by atoms with E-state index in [1.54, 1.807) is 19.1 Å². The summed E-state index contributed by atoms with van der Waals surface area (Å²) in [6, 6.07) is 0. The van der Waals surface area contributed by atoms with Gasteiger partial charge in [0.05, 0.1) is 31.0 Å². The molecule has 4 aliphatic heterocycles. The molecule has 3 N–H and O–H groups in total. The van der Waals surface area contributed by atoms with Crippen LogP contribution in [0.1, 0.15) is 73.6 Å². The highest BCUT2D eigenvalue weighted by atomic mass is 16.7. The Kier molecular flexibility index (Phi) is 9.25. The topological polar surface area (TPSA) is 132 Å². The molecule has 1 aliphatic carbocycles. The zero-order valence-electron chi connectivity index (χ0n) is 26.2. The van der Waals surface area contributed by atoms with Gasteiger partial charge in [-0.2, -0.15) is 0 Å². The maximum Gasteiger partial charge on any atom is 0.316 e. The van der Waals surface area contributed by atoms with Crippen LogP contribution in [0.2, 0.25) is 0 Å². The van der Waals surface area contributed by atoms with Gasteiger partial charge in [-0.1, -0.05) is 64.5 Å². The van der Waals surface area contributed by atoms with Crippen molar-refractivity contribution in [2.75, 3.05) is 6.61 Å². The molecule has 9 nitrogen and oxygen atoms in total. The number of Topliss-reactive ketones (excluding diaryl/α,β-unsaturated/α-hetero) is 1. The van der Waals surface area contributed by atoms with Crippen LogP contribution in [0.3, 0.4) is 0 Å². The molecule has 2 bridgehead atoms. The summed E-state index contributed by atoms with van der Waals surface area (Å²) in [5.41, 5.74) is -0.375. The molecule has 5 rings (SSSR count). The highest BCUT2D eigenvalue weighted by Gasteiger charge is 2.60. The first kappa shape index (κ1) is 32.3. The van der Waals surface area contributed by atoms with E-state index in [0.717, 1.165) is 12.0 Å². The van der Waals surface area contributed by atoms with Gasteiger partial charge in [-0.05, 0) is 42.9 Å². The van der Waals surface area contributed by atoms with Crippen LogP contribution in [0, 0.1) is 23.7 Å². The number of esters is 1. The number of hydrogen-bond donors (Lipinski definition) is 3. The van der Waals surface area contributed by atoms with E-state index in [9.17, 15) is 24.9 Å². The minimum absolute atomic E-state index is 0.0125. The summed E-state index contributed by atoms with van der Waals surface area (Å²) in [6.45, 7) is 11.6. The summed E-state index contributed by atoms with van der Waals surface area (Å²) in [5.74, 6) is -3.48. The highest BCUT2D eigenvalue weighted by Crippen LogP contribution is 2.47. The van der Waals surface area contributed by atoms with E-state index in [1.165, 1.54) is 6.08 Å². The van der Waals surface area contributed by atoms with Gasteiger partial charge in [-0.3, -0.25) is 9.59 Å². The molecule has 0 aromatic carbocycles. The Balaban J connectivity index is 1.55. The standard InChI is InChI=1S/C34H48O9/c1-7-18(2)30-22(6)27(35)16-33(43-30)15-25-14-24(42-33)12-11-20(4)28(36)19(3)9-8-10-23-17-40-31-29(37)21(5)13-26(32(38)41-25)34(23,31)39/h8-11,13,18-19,22,24-28,30-31,35-36,39H,7,12,14-17H2,1-6H3/b9-8+,20-11+,23-10+/t18?,19-,22-,24+,25-,26-,27-,28-,30+,31?,33-,34+/m0/s1. The lowest BCUT2D eigenvalue weighted by atomic mass is 9.71. The van der Waals surface area contributed by atoms with Crippen molar-refractivity contribution in [3.05, 3.63) is 47.1 Å². The molecular weight excluding hydrogens is 552 g/mol. The van der Waals surface area contributed by atoms with Crippen molar-refractivity contribution in [3.8, 4) is 0 Å². The molecule has 43 heavy (non-hydrogen) atoms. The fourth-order valence-electron chi connectivity index (χ4n) is 7.42. The maximum atomic E-state index is 14.0. The lowest BCUT2D eigenvalue weighted by Crippen LogP contribution is -2.59. The van der Waals surface area contributed by atoms with Gasteiger partial charge in [0, 0.05) is 31.1 Å². The Bertz CT molecular complexity index is 1220. The SMILES string of the molecule is CCC(C)[C@H]1O[C@@]2(C[C@@H]3C[C@@H](C/C=C(\C)[C@@H](O)[C@@H](C)/C=C/C=C4\COC5C(=O)C(C)=C[C@@H](C(=O)O3)[C@]45O)O2)C[C@H](O)[C@@H]1C. The minimum atomic E-state index is -1.90. The average Bonchev–Trinajstić information content (AvgIpc) is 3.30. The minimum Gasteiger partial charge on any atom is -0.462 e. The molecule has 12 atom stereocenters. The highest BCUT2D eigenvalue weighted by molar-refractivity contribution is 6.03. The maximum absolute atomic E-state index is 14.0. The molecular formula is C34H48O9. The first-order chi connectivity index (χ1) is 20.3. The van der Waals surface area contributed by atoms with E-state index in [0.29, 0.717) is 24.0 Å². The van der Waals surface area contributed by atoms with Gasteiger partial charge >= 0.3 is 5.97 Å². The number of carbonyl (C=O) groups is 2. The van der Waals surface area contributed by atoms with Gasteiger partial charge < -0.3 is 34.3 Å². The number of aliphatic hydroxyl groups is 3. The van der Waals surface area contributed by atoms with E-state index in [1.807, 2.05) is 32.9 Å². The largest absolute Gasteiger partial charge is 0.462 e. The Morgan fingerprint density at radius 3 is 2.56 bits per heavy atom. The van der Waals surface area contributed by atoms with Crippen LogP contribution in [0.25, 0.3) is 0 Å². The zero-order valence-corrected chi connectivity index (χ0v) is 26.2. The van der Waals surface area contributed by atoms with Crippen molar-refractivity contribution in [1.82, 2.24) is 0 Å². The number of ketones is 1. The van der Waals surface area contributed by atoms with Crippen LogP contribution in [-0.4, -0.2) is 81.7 Å². The number of allylic oxidation sites excluding steroid dienone is 2. The third-order valence-corrected chi connectivity index (χ3v) is 10.4. The van der Waals surface area contributed by atoms with Crippen LogP contribution in [-0.2, 0) is 28.5 Å². The van der Waals surface area contributed by atoms with Gasteiger partial charge in [0.2, 0.25) is 0 Å². The number of rotatable bonds is 2. The van der Waals surface area contributed by atoms with Crippen molar-refractivity contribution in [1.29, 1.82) is 0 Å². The van der Waals surface area contributed by atoms with Crippen molar-refractivity contribution < 1.29 is 43.9 Å². The van der Waals surface area contributed by atoms with Crippen LogP contribution in [0.4, 0.5) is 0 Å². The third-order valence-electron chi connectivity index (χ3n) is 10.4. The Morgan fingerprint density at radius 1 is 1.09 bits per heavy atom. The first-order valence-corrected chi connectivity index (χ1v) is 15.8. The van der Waals surface area contributed by atoms with Crippen molar-refractivity contribution >= 4 is 11.8 Å². The molecule has 0 aromatic rings. The third kappa shape index (κ3) is 5.97. The van der Waals surface area contributed by atoms with Crippen LogP contribution < -0.4 is 0 Å². The van der Waals surface area contributed by atoms with E-state index in [4.69, 9.17) is 18.9 Å². The molecule has 2 unspecified atom stereocenters. The lowest BCUT2D eigenvalue weighted by Gasteiger charge is -2.52. The Labute approximate surface area is 254 Å². The van der Waals surface area contributed by atoms with Crippen molar-refractivity contribution in [2.45, 2.75) is 122 Å². The summed E-state index contributed by atoms with van der Waals surface area (Å²) in [4.78, 5) is 27.0. The summed E-state index contributed by atoms with van der Waals surface area (Å²) >= 11 is 0. The Morgan fingerprint density at radius 2 is 1.84 bits per heavy atom. The van der Waals surface area contributed by atoms with Crippen LogP contribution in [0.5, 0.6) is 0 Å². The van der Waals surface area contributed by atoms with E-state index in [2.05, 4.69) is 13.8 Å². The quantitative estimate of drug-likeness (QED) is 0.321. The molecule has 3 saturated heterocycles. The number of carbonyl (C=O) groups excluding carboxylic acids is 2. The fraction of sp³-hybridized carbons (Fsp3) is 0.706. The molecule has 1 spiro atoms. The van der Waals surface area contributed by atoms with Crippen LogP contribution >= 0.6 is 0 Å². The van der Waals surface area contributed by atoms with Gasteiger partial charge in [0.25, 0.3) is 0 Å². The molecule has 0 amide bonds. The monoisotopic (exact) mass is 600 g/mol. The predicted octanol–water partition coefficient (Wildman–Crippen LogP) is 3.71. The smallest absolute Gasteiger partial charge is 0.316 e. The number of fused-ring (bicyclic) bond motifs is 2. The second kappa shape index (κ2) is 12.3. The molecule has 5 aliphatic rings. The van der Waals surface area contributed by atoms with E-state index >= 15 is 0 Å². The second-order valence-corrected chi connectivity index (χ2v) is 13.5. The summed E-state index contributed by atoms with van der Waals surface area (Å²) in [5, 5.41) is 34.2. The lowest BCUT2D eigenvalue weighted by molar-refractivity contribution is -0.354. The molecule has 9 heteroatoms. The van der Waals surface area contributed by atoms with E-state index in [-0.39, 0.29) is 49.1 Å². The first-order valence-electron chi connectivity index (χ1n) is 15.8. The molecule has 238 valence electrons. The van der Waals surface area contributed by atoms with Gasteiger partial charge in [-0.15, -0.1) is 0 Å². The number of ether oxygens (including phenoxy) is 4. The van der Waals surface area contributed by atoms with Crippen molar-refractivity contribution in [2.24, 2.45) is 23.7 Å². The molecule has 0 saturated carbocycles. The fourth-order valence-corrected chi connectivity index (χ4v) is 7.42. The molecule has 4 heterocycles. The van der Waals surface area contributed by atoms with Crippen molar-refractivity contribution in [3.63, 3.8) is 0 Å². The van der Waals surface area contributed by atoms with E-state index < -0.39 is 53.8 Å². The van der Waals surface area contributed by atoms with Gasteiger partial charge in [0.1, 0.15) is 17.6 Å². The molecule has 0 aromatic heterocycles. The summed E-state index contributed by atoms with van der Waals surface area (Å²) in [7, 11) is 0. The number of hydrogen-bond acceptors (Lipinski definition) is 9. The average molecular weight is 601 g/mol. The summed E-state index contributed by atoms with van der Waals surface area (Å²) < 4.78 is 25.3. The Hall–Kier alpha value is -2.14. The second-order valence-electron chi connectivity index (χ2n) is 13.5. The van der Waals surface area contributed by atoms with Gasteiger partial charge in [0.15, 0.2) is 17.7 Å². The summed E-state index contributed by atoms with van der Waals surface area (Å²) in [6.07, 6.45) is 6.95. The molecule has 3 fully saturated rings. The number of aliphatic hydroxyl groups excluding tert-OH is 2. The predicted molar refractivity (Wildman–Crippen MR) is 159 cm³/mol. The normalized spacial score (nSPS) is 47.8. The molecule has 0 radical (unpaired) electrons.